The number of halogens is 1. The molecule has 0 spiro atoms. The Morgan fingerprint density at radius 1 is 2.00 bits per heavy atom. The molecule has 0 aromatic carbocycles. The molecular formula is C5H6BrN. The van der Waals surface area contributed by atoms with Crippen molar-refractivity contribution < 1.29 is 0 Å². The molecular weight excluding hydrogens is 154 g/mol. The minimum absolute atomic E-state index is 0.942. The van der Waals surface area contributed by atoms with Gasteiger partial charge in [-0.15, -0.1) is 0 Å². The Labute approximate surface area is 52.1 Å². The van der Waals surface area contributed by atoms with Crippen LogP contribution in [0.3, 0.4) is 0 Å². The molecule has 7 heavy (non-hydrogen) atoms. The molecule has 0 amide bonds. The van der Waals surface area contributed by atoms with E-state index in [1.807, 2.05) is 11.9 Å². The standard InChI is InChI=1S/C5H6BrN/c1-7-4-2-3-5(7)6/h3H,2H2,1H3. The predicted octanol–water partition coefficient (Wildman–Crippen LogP) is 1.60. The molecule has 0 unspecified atom stereocenters. The van der Waals surface area contributed by atoms with Gasteiger partial charge < -0.3 is 4.90 Å². The molecule has 0 aromatic rings. The van der Waals surface area contributed by atoms with E-state index < -0.39 is 0 Å². The second kappa shape index (κ2) is 1.86. The van der Waals surface area contributed by atoms with Gasteiger partial charge in [0, 0.05) is 7.05 Å². The van der Waals surface area contributed by atoms with Crippen molar-refractivity contribution in [2.24, 2.45) is 0 Å². The van der Waals surface area contributed by atoms with E-state index in [0.717, 1.165) is 11.0 Å². The Hall–Kier alpha value is 0.0200. The van der Waals surface area contributed by atoms with E-state index in [1.54, 1.807) is 0 Å². The Kier molecular flexibility index (Phi) is 1.38. The van der Waals surface area contributed by atoms with Gasteiger partial charge in [-0.2, -0.15) is 0 Å². The third-order valence-electron chi connectivity index (χ3n) is 0.919. The number of hydrogen-bond acceptors (Lipinski definition) is 1. The largest absolute Gasteiger partial charge is 0.358 e. The zero-order chi connectivity index (χ0) is 5.28. The zero-order valence-corrected chi connectivity index (χ0v) is 5.70. The van der Waals surface area contributed by atoms with Crippen molar-refractivity contribution in [3.05, 3.63) is 17.2 Å². The quantitative estimate of drug-likeness (QED) is 0.486. The lowest BCUT2D eigenvalue weighted by molar-refractivity contribution is 0.566. The first-order valence-corrected chi connectivity index (χ1v) is 2.93. The molecule has 1 aliphatic rings. The maximum absolute atomic E-state index is 3.33. The van der Waals surface area contributed by atoms with Gasteiger partial charge in [-0.3, -0.25) is 0 Å². The summed E-state index contributed by atoms with van der Waals surface area (Å²) in [5.74, 6) is 0. The fourth-order valence-corrected chi connectivity index (χ4v) is 0.767. The highest BCUT2D eigenvalue weighted by Gasteiger charge is 2.06. The molecule has 0 atom stereocenters. The summed E-state index contributed by atoms with van der Waals surface area (Å²) in [6, 6.07) is 0. The van der Waals surface area contributed by atoms with Crippen LogP contribution in [0.25, 0.3) is 0 Å². The van der Waals surface area contributed by atoms with E-state index in [-0.39, 0.29) is 0 Å². The first-order chi connectivity index (χ1) is 3.30. The summed E-state index contributed by atoms with van der Waals surface area (Å²) in [5, 5.41) is 0. The molecule has 1 nitrogen and oxygen atoms in total. The number of rotatable bonds is 0. The predicted molar refractivity (Wildman–Crippen MR) is 32.6 cm³/mol. The van der Waals surface area contributed by atoms with Gasteiger partial charge in [0.05, 0.1) is 11.2 Å². The van der Waals surface area contributed by atoms with Crippen molar-refractivity contribution in [1.29, 1.82) is 0 Å². The lowest BCUT2D eigenvalue weighted by Gasteiger charge is -2.06. The van der Waals surface area contributed by atoms with E-state index in [4.69, 9.17) is 0 Å². The van der Waals surface area contributed by atoms with Crippen LogP contribution in [0.15, 0.2) is 10.7 Å². The van der Waals surface area contributed by atoms with Crippen molar-refractivity contribution in [3.63, 3.8) is 0 Å². The molecule has 0 aliphatic carbocycles. The lowest BCUT2D eigenvalue weighted by Crippen LogP contribution is -2.03. The van der Waals surface area contributed by atoms with Gasteiger partial charge in [0.25, 0.3) is 0 Å². The van der Waals surface area contributed by atoms with E-state index in [0.29, 0.717) is 0 Å². The normalized spacial score (nSPS) is 20.3. The molecule has 1 rings (SSSR count). The Bertz CT molecular complexity index is 98.3. The fraction of sp³-hybridized carbons (Fsp3) is 0.400. The third kappa shape index (κ3) is 0.969. The highest BCUT2D eigenvalue weighted by molar-refractivity contribution is 9.11. The molecule has 0 aromatic heterocycles. The average molecular weight is 160 g/mol. The molecule has 0 fully saturated rings. The van der Waals surface area contributed by atoms with Crippen molar-refractivity contribution >= 4 is 15.9 Å². The van der Waals surface area contributed by atoms with Crippen LogP contribution in [0.4, 0.5) is 0 Å². The van der Waals surface area contributed by atoms with Gasteiger partial charge in [-0.05, 0) is 22.4 Å². The molecule has 38 valence electrons. The highest BCUT2D eigenvalue weighted by Crippen LogP contribution is 2.20. The van der Waals surface area contributed by atoms with Crippen LogP contribution in [-0.2, 0) is 0 Å². The zero-order valence-electron chi connectivity index (χ0n) is 4.11. The van der Waals surface area contributed by atoms with Crippen LogP contribution in [0.2, 0.25) is 0 Å². The summed E-state index contributed by atoms with van der Waals surface area (Å²) in [7, 11) is 1.97. The van der Waals surface area contributed by atoms with Gasteiger partial charge in [0.2, 0.25) is 0 Å². The molecule has 0 bridgehead atoms. The maximum atomic E-state index is 3.33. The number of nitrogens with zero attached hydrogens (tertiary/aromatic N) is 1. The van der Waals surface area contributed by atoms with Crippen LogP contribution in [0.5, 0.6) is 0 Å². The second-order valence-corrected chi connectivity index (χ2v) is 2.26. The summed E-state index contributed by atoms with van der Waals surface area (Å²) in [4.78, 5) is 1.93. The van der Waals surface area contributed by atoms with Crippen LogP contribution >= 0.6 is 15.9 Å². The van der Waals surface area contributed by atoms with Crippen molar-refractivity contribution in [2.75, 3.05) is 7.05 Å². The smallest absolute Gasteiger partial charge is 0.0954 e. The van der Waals surface area contributed by atoms with Crippen LogP contribution < -0.4 is 0 Å². The third-order valence-corrected chi connectivity index (χ3v) is 1.78. The van der Waals surface area contributed by atoms with Gasteiger partial charge in [0.1, 0.15) is 0 Å². The van der Waals surface area contributed by atoms with Gasteiger partial charge in [0.15, 0.2) is 0 Å². The van der Waals surface area contributed by atoms with Gasteiger partial charge in [-0.1, -0.05) is 6.08 Å². The Morgan fingerprint density at radius 2 is 2.71 bits per heavy atom. The first kappa shape index (κ1) is 5.16. The summed E-state index contributed by atoms with van der Waals surface area (Å²) >= 11 is 3.33. The molecule has 0 saturated carbocycles. The minimum Gasteiger partial charge on any atom is -0.358 e. The van der Waals surface area contributed by atoms with E-state index in [1.165, 1.54) is 0 Å². The molecule has 1 aliphatic heterocycles. The summed E-state index contributed by atoms with van der Waals surface area (Å²) < 4.78 is 1.12. The van der Waals surface area contributed by atoms with E-state index >= 15 is 0 Å². The molecule has 0 N–H and O–H groups in total. The Morgan fingerprint density at radius 3 is 2.86 bits per heavy atom. The van der Waals surface area contributed by atoms with E-state index in [2.05, 4.69) is 28.6 Å². The second-order valence-electron chi connectivity index (χ2n) is 1.45. The Balaban J connectivity index is 2.54. The molecule has 1 heterocycles. The summed E-state index contributed by atoms with van der Waals surface area (Å²) in [6.45, 7) is 3.06. The van der Waals surface area contributed by atoms with E-state index in [9.17, 15) is 0 Å². The van der Waals surface area contributed by atoms with Crippen LogP contribution in [-0.4, -0.2) is 11.9 Å². The fourth-order valence-electron chi connectivity index (χ4n) is 0.479. The van der Waals surface area contributed by atoms with Gasteiger partial charge in [-0.25, -0.2) is 0 Å². The van der Waals surface area contributed by atoms with Crippen molar-refractivity contribution in [1.82, 2.24) is 4.90 Å². The average Bonchev–Trinajstić information content (AvgIpc) is 1.91. The maximum Gasteiger partial charge on any atom is 0.0954 e. The SMILES string of the molecule is CN1[C]CC=C1Br. The topological polar surface area (TPSA) is 3.24 Å². The van der Waals surface area contributed by atoms with Crippen LogP contribution in [0.1, 0.15) is 6.42 Å². The minimum atomic E-state index is 0.942. The van der Waals surface area contributed by atoms with Crippen molar-refractivity contribution in [2.45, 2.75) is 6.42 Å². The summed E-state index contributed by atoms with van der Waals surface area (Å²) in [6.07, 6.45) is 3.01. The van der Waals surface area contributed by atoms with Crippen LogP contribution in [0, 0.1) is 6.54 Å². The number of hydrogen-bond donors (Lipinski definition) is 0. The summed E-state index contributed by atoms with van der Waals surface area (Å²) in [5.41, 5.74) is 0. The lowest BCUT2D eigenvalue weighted by atomic mass is 10.5. The monoisotopic (exact) mass is 159 g/mol. The van der Waals surface area contributed by atoms with Gasteiger partial charge >= 0.3 is 0 Å². The first-order valence-electron chi connectivity index (χ1n) is 2.13. The molecule has 2 heteroatoms. The molecule has 2 radical (unpaired) electrons. The highest BCUT2D eigenvalue weighted by atomic mass is 79.9. The van der Waals surface area contributed by atoms with Crippen molar-refractivity contribution in [3.8, 4) is 0 Å². The molecule has 0 saturated heterocycles.